The van der Waals surface area contributed by atoms with Crippen LogP contribution in [0.5, 0.6) is 0 Å². The highest BCUT2D eigenvalue weighted by atomic mass is 15.1. The van der Waals surface area contributed by atoms with Crippen LogP contribution in [-0.2, 0) is 0 Å². The van der Waals surface area contributed by atoms with Crippen LogP contribution in [0.25, 0.3) is 10.4 Å². The van der Waals surface area contributed by atoms with Crippen molar-refractivity contribution in [3.8, 4) is 0 Å². The molecule has 0 bridgehead atoms. The standard InChI is InChI=1S/C7H15N3/c1-4-7(3,5-2)6-9-10-8/h4-6H2,1-3H3. The van der Waals surface area contributed by atoms with E-state index in [0.29, 0.717) is 6.54 Å². The second-order valence-corrected chi connectivity index (χ2v) is 2.91. The Morgan fingerprint density at radius 1 is 1.40 bits per heavy atom. The van der Waals surface area contributed by atoms with E-state index in [2.05, 4.69) is 30.8 Å². The van der Waals surface area contributed by atoms with E-state index in [-0.39, 0.29) is 5.41 Å². The van der Waals surface area contributed by atoms with E-state index in [1.54, 1.807) is 0 Å². The van der Waals surface area contributed by atoms with Gasteiger partial charge in [0.15, 0.2) is 0 Å². The van der Waals surface area contributed by atoms with Crippen LogP contribution >= 0.6 is 0 Å². The molecule has 10 heavy (non-hydrogen) atoms. The fraction of sp³-hybridized carbons (Fsp3) is 1.00. The Morgan fingerprint density at radius 2 is 1.90 bits per heavy atom. The lowest BCUT2D eigenvalue weighted by Gasteiger charge is -2.23. The Labute approximate surface area is 62.1 Å². The molecule has 0 amide bonds. The van der Waals surface area contributed by atoms with Crippen LogP contribution in [0.4, 0.5) is 0 Å². The van der Waals surface area contributed by atoms with Gasteiger partial charge in [-0.15, -0.1) is 0 Å². The van der Waals surface area contributed by atoms with Crippen LogP contribution in [0, 0.1) is 5.41 Å². The second-order valence-electron chi connectivity index (χ2n) is 2.91. The minimum absolute atomic E-state index is 0.215. The molecular weight excluding hydrogens is 126 g/mol. The second kappa shape index (κ2) is 4.18. The molecule has 0 spiro atoms. The average Bonchev–Trinajstić information content (AvgIpc) is 2.00. The minimum Gasteiger partial charge on any atom is -0.0934 e. The molecule has 0 rings (SSSR count). The molecule has 0 saturated heterocycles. The van der Waals surface area contributed by atoms with Gasteiger partial charge in [-0.2, -0.15) is 0 Å². The van der Waals surface area contributed by atoms with Gasteiger partial charge in [-0.1, -0.05) is 38.7 Å². The molecule has 0 aliphatic rings. The molecule has 0 fully saturated rings. The molecular formula is C7H15N3. The van der Waals surface area contributed by atoms with Crippen LogP contribution in [0.15, 0.2) is 5.11 Å². The molecule has 0 aromatic carbocycles. The number of nitrogens with zero attached hydrogens (tertiary/aromatic N) is 3. The highest BCUT2D eigenvalue weighted by Crippen LogP contribution is 2.25. The van der Waals surface area contributed by atoms with Crippen molar-refractivity contribution in [3.05, 3.63) is 10.4 Å². The molecule has 3 heteroatoms. The third-order valence-electron chi connectivity index (χ3n) is 2.22. The largest absolute Gasteiger partial charge is 0.0934 e. The SMILES string of the molecule is CCC(C)(CC)CN=[N+]=[N-]. The van der Waals surface area contributed by atoms with Crippen molar-refractivity contribution < 1.29 is 0 Å². The van der Waals surface area contributed by atoms with Crippen LogP contribution < -0.4 is 0 Å². The number of azide groups is 1. The molecule has 0 aliphatic heterocycles. The minimum atomic E-state index is 0.215. The first-order chi connectivity index (χ1) is 4.68. The predicted octanol–water partition coefficient (Wildman–Crippen LogP) is 3.12. The summed E-state index contributed by atoms with van der Waals surface area (Å²) in [6, 6.07) is 0. The van der Waals surface area contributed by atoms with Crippen molar-refractivity contribution in [2.45, 2.75) is 33.6 Å². The van der Waals surface area contributed by atoms with Gasteiger partial charge in [0.05, 0.1) is 0 Å². The van der Waals surface area contributed by atoms with Crippen molar-refractivity contribution in [1.29, 1.82) is 0 Å². The third-order valence-corrected chi connectivity index (χ3v) is 2.22. The van der Waals surface area contributed by atoms with Gasteiger partial charge in [0, 0.05) is 11.5 Å². The summed E-state index contributed by atoms with van der Waals surface area (Å²) in [5.74, 6) is 0. The van der Waals surface area contributed by atoms with Gasteiger partial charge < -0.3 is 0 Å². The Kier molecular flexibility index (Phi) is 3.89. The van der Waals surface area contributed by atoms with Crippen LogP contribution in [0.2, 0.25) is 0 Å². The van der Waals surface area contributed by atoms with Gasteiger partial charge in [0.1, 0.15) is 0 Å². The zero-order valence-electron chi connectivity index (χ0n) is 6.96. The van der Waals surface area contributed by atoms with E-state index in [9.17, 15) is 0 Å². The Hall–Kier alpha value is -0.690. The van der Waals surface area contributed by atoms with Gasteiger partial charge in [0.25, 0.3) is 0 Å². The Bertz CT molecular complexity index is 132. The Morgan fingerprint density at radius 3 is 2.20 bits per heavy atom. The van der Waals surface area contributed by atoms with Crippen LogP contribution in [-0.4, -0.2) is 6.54 Å². The van der Waals surface area contributed by atoms with E-state index in [4.69, 9.17) is 5.53 Å². The molecule has 0 aliphatic carbocycles. The zero-order valence-corrected chi connectivity index (χ0v) is 6.96. The summed E-state index contributed by atoms with van der Waals surface area (Å²) in [7, 11) is 0. The number of hydrogen-bond donors (Lipinski definition) is 0. The lowest BCUT2D eigenvalue weighted by Crippen LogP contribution is -2.17. The van der Waals surface area contributed by atoms with Crippen molar-refractivity contribution >= 4 is 0 Å². The molecule has 0 unspecified atom stereocenters. The highest BCUT2D eigenvalue weighted by molar-refractivity contribution is 4.73. The molecule has 0 saturated carbocycles. The van der Waals surface area contributed by atoms with E-state index in [1.807, 2.05) is 0 Å². The van der Waals surface area contributed by atoms with Crippen LogP contribution in [0.3, 0.4) is 0 Å². The fourth-order valence-corrected chi connectivity index (χ4v) is 0.676. The van der Waals surface area contributed by atoms with E-state index >= 15 is 0 Å². The summed E-state index contributed by atoms with van der Waals surface area (Å²) >= 11 is 0. The van der Waals surface area contributed by atoms with Gasteiger partial charge in [0.2, 0.25) is 0 Å². The molecule has 58 valence electrons. The summed E-state index contributed by atoms with van der Waals surface area (Å²) in [5.41, 5.74) is 8.29. The smallest absolute Gasteiger partial charge is 0.0311 e. The van der Waals surface area contributed by atoms with Crippen molar-refractivity contribution in [2.24, 2.45) is 10.5 Å². The zero-order chi connectivity index (χ0) is 8.04. The maximum Gasteiger partial charge on any atom is 0.0311 e. The fourth-order valence-electron chi connectivity index (χ4n) is 0.676. The molecule has 0 radical (unpaired) electrons. The predicted molar refractivity (Wildman–Crippen MR) is 42.7 cm³/mol. The van der Waals surface area contributed by atoms with Crippen molar-refractivity contribution in [3.63, 3.8) is 0 Å². The Balaban J connectivity index is 3.92. The molecule has 0 heterocycles. The maximum atomic E-state index is 8.08. The van der Waals surface area contributed by atoms with Gasteiger partial charge >= 0.3 is 0 Å². The van der Waals surface area contributed by atoms with Gasteiger partial charge in [-0.05, 0) is 10.9 Å². The summed E-state index contributed by atoms with van der Waals surface area (Å²) in [5, 5.41) is 3.57. The van der Waals surface area contributed by atoms with E-state index < -0.39 is 0 Å². The topological polar surface area (TPSA) is 48.8 Å². The summed E-state index contributed by atoms with van der Waals surface area (Å²) in [6.45, 7) is 7.00. The molecule has 0 aromatic heterocycles. The summed E-state index contributed by atoms with van der Waals surface area (Å²) in [4.78, 5) is 2.74. The van der Waals surface area contributed by atoms with E-state index in [1.165, 1.54) is 0 Å². The first-order valence-electron chi connectivity index (χ1n) is 3.69. The summed E-state index contributed by atoms with van der Waals surface area (Å²) in [6.07, 6.45) is 2.14. The lowest BCUT2D eigenvalue weighted by atomic mass is 9.85. The third kappa shape index (κ3) is 2.74. The quantitative estimate of drug-likeness (QED) is 0.328. The maximum absolute atomic E-state index is 8.08. The first-order valence-corrected chi connectivity index (χ1v) is 3.69. The van der Waals surface area contributed by atoms with E-state index in [0.717, 1.165) is 12.8 Å². The van der Waals surface area contributed by atoms with Gasteiger partial charge in [-0.25, -0.2) is 0 Å². The van der Waals surface area contributed by atoms with Crippen molar-refractivity contribution in [1.82, 2.24) is 0 Å². The lowest BCUT2D eigenvalue weighted by molar-refractivity contribution is 0.310. The molecule has 0 N–H and O–H groups in total. The first kappa shape index (κ1) is 9.31. The monoisotopic (exact) mass is 141 g/mol. The molecule has 0 atom stereocenters. The van der Waals surface area contributed by atoms with Crippen molar-refractivity contribution in [2.75, 3.05) is 6.54 Å². The normalized spacial score (nSPS) is 10.7. The highest BCUT2D eigenvalue weighted by Gasteiger charge is 2.17. The number of hydrogen-bond acceptors (Lipinski definition) is 1. The average molecular weight is 141 g/mol. The van der Waals surface area contributed by atoms with Crippen LogP contribution in [0.1, 0.15) is 33.6 Å². The van der Waals surface area contributed by atoms with Gasteiger partial charge in [-0.3, -0.25) is 0 Å². The molecule has 3 nitrogen and oxygen atoms in total. The number of rotatable bonds is 4. The summed E-state index contributed by atoms with van der Waals surface area (Å²) < 4.78 is 0. The molecule has 0 aromatic rings.